The Morgan fingerprint density at radius 3 is 2.47 bits per heavy atom. The van der Waals surface area contributed by atoms with E-state index >= 15 is 0 Å². The van der Waals surface area contributed by atoms with Crippen molar-refractivity contribution in [3.8, 4) is 0 Å². The summed E-state index contributed by atoms with van der Waals surface area (Å²) in [5, 5.41) is 3.64. The average Bonchev–Trinajstić information content (AvgIpc) is 2.76. The van der Waals surface area contributed by atoms with E-state index in [1.165, 1.54) is 44.9 Å². The van der Waals surface area contributed by atoms with E-state index in [1.54, 1.807) is 0 Å². The lowest BCUT2D eigenvalue weighted by Gasteiger charge is -2.32. The van der Waals surface area contributed by atoms with Gasteiger partial charge in [0.1, 0.15) is 0 Å². The molecule has 2 fully saturated rings. The summed E-state index contributed by atoms with van der Waals surface area (Å²) < 4.78 is 6.18. The molecule has 2 aliphatic carbocycles. The number of rotatable bonds is 6. The summed E-state index contributed by atoms with van der Waals surface area (Å²) in [6.45, 7) is 9.07. The van der Waals surface area contributed by atoms with Crippen molar-refractivity contribution in [2.75, 3.05) is 13.2 Å². The molecule has 0 bridgehead atoms. The molecule has 2 saturated carbocycles. The van der Waals surface area contributed by atoms with Gasteiger partial charge >= 0.3 is 0 Å². The van der Waals surface area contributed by atoms with Crippen molar-refractivity contribution in [3.05, 3.63) is 0 Å². The van der Waals surface area contributed by atoms with Crippen molar-refractivity contribution in [1.82, 2.24) is 5.32 Å². The topological polar surface area (TPSA) is 21.3 Å². The Bertz CT molecular complexity index is 246. The summed E-state index contributed by atoms with van der Waals surface area (Å²) in [5.74, 6) is 2.57. The van der Waals surface area contributed by atoms with E-state index < -0.39 is 0 Å². The van der Waals surface area contributed by atoms with E-state index in [-0.39, 0.29) is 0 Å². The van der Waals surface area contributed by atoms with Gasteiger partial charge in [-0.15, -0.1) is 0 Å². The second kappa shape index (κ2) is 7.64. The van der Waals surface area contributed by atoms with Crippen LogP contribution < -0.4 is 5.32 Å². The largest absolute Gasteiger partial charge is 0.378 e. The zero-order valence-electron chi connectivity index (χ0n) is 13.2. The van der Waals surface area contributed by atoms with Gasteiger partial charge in [0, 0.05) is 12.6 Å². The first-order chi connectivity index (χ1) is 9.19. The van der Waals surface area contributed by atoms with Gasteiger partial charge in [-0.05, 0) is 62.8 Å². The van der Waals surface area contributed by atoms with Crippen LogP contribution in [0.2, 0.25) is 0 Å². The van der Waals surface area contributed by atoms with Crippen LogP contribution in [0.1, 0.15) is 65.7 Å². The SMILES string of the molecule is CCNC1CCCC1CCOC1CC(C)CC(C)C1. The Kier molecular flexibility index (Phi) is 6.15. The van der Waals surface area contributed by atoms with Crippen LogP contribution in [0.25, 0.3) is 0 Å². The lowest BCUT2D eigenvalue weighted by molar-refractivity contribution is -0.00525. The quantitative estimate of drug-likeness (QED) is 0.785. The molecule has 1 N–H and O–H groups in total. The molecule has 0 spiro atoms. The van der Waals surface area contributed by atoms with Crippen LogP contribution in [0.3, 0.4) is 0 Å². The molecule has 112 valence electrons. The molecule has 0 heterocycles. The number of hydrogen-bond donors (Lipinski definition) is 1. The van der Waals surface area contributed by atoms with Gasteiger partial charge in [0.25, 0.3) is 0 Å². The molecule has 0 radical (unpaired) electrons. The maximum Gasteiger partial charge on any atom is 0.0580 e. The summed E-state index contributed by atoms with van der Waals surface area (Å²) >= 11 is 0. The Morgan fingerprint density at radius 1 is 1.05 bits per heavy atom. The minimum absolute atomic E-state index is 0.540. The zero-order valence-corrected chi connectivity index (χ0v) is 13.2. The second-order valence-electron chi connectivity index (χ2n) is 7.05. The van der Waals surface area contributed by atoms with Gasteiger partial charge in [-0.2, -0.15) is 0 Å². The Labute approximate surface area is 119 Å². The van der Waals surface area contributed by atoms with Gasteiger partial charge in [-0.3, -0.25) is 0 Å². The smallest absolute Gasteiger partial charge is 0.0580 e. The van der Waals surface area contributed by atoms with Gasteiger partial charge in [-0.25, -0.2) is 0 Å². The predicted molar refractivity (Wildman–Crippen MR) is 81.3 cm³/mol. The van der Waals surface area contributed by atoms with Crippen molar-refractivity contribution in [2.45, 2.75) is 77.9 Å². The first-order valence-corrected chi connectivity index (χ1v) is 8.54. The van der Waals surface area contributed by atoms with E-state index in [9.17, 15) is 0 Å². The fraction of sp³-hybridized carbons (Fsp3) is 1.00. The van der Waals surface area contributed by atoms with Gasteiger partial charge < -0.3 is 10.1 Å². The molecular formula is C17H33NO. The maximum absolute atomic E-state index is 6.18. The van der Waals surface area contributed by atoms with E-state index in [0.717, 1.165) is 36.9 Å². The first-order valence-electron chi connectivity index (χ1n) is 8.54. The molecule has 0 aromatic heterocycles. The van der Waals surface area contributed by atoms with Gasteiger partial charge in [0.05, 0.1) is 6.10 Å². The lowest BCUT2D eigenvalue weighted by atomic mass is 9.82. The molecule has 2 rings (SSSR count). The molecule has 0 aromatic carbocycles. The van der Waals surface area contributed by atoms with Crippen LogP contribution in [-0.4, -0.2) is 25.3 Å². The number of ether oxygens (including phenoxy) is 1. The zero-order chi connectivity index (χ0) is 13.7. The standard InChI is InChI=1S/C17H33NO/c1-4-18-17-7-5-6-15(17)8-9-19-16-11-13(2)10-14(3)12-16/h13-18H,4-12H2,1-3H3. The normalized spacial score (nSPS) is 39.6. The summed E-state index contributed by atoms with van der Waals surface area (Å²) in [4.78, 5) is 0. The maximum atomic E-state index is 6.18. The highest BCUT2D eigenvalue weighted by atomic mass is 16.5. The highest BCUT2D eigenvalue weighted by Crippen LogP contribution is 2.32. The highest BCUT2D eigenvalue weighted by molar-refractivity contribution is 4.83. The summed E-state index contributed by atoms with van der Waals surface area (Å²) in [6.07, 6.45) is 9.94. The number of nitrogens with one attached hydrogen (secondary N) is 1. The third-order valence-corrected chi connectivity index (χ3v) is 5.10. The van der Waals surface area contributed by atoms with Crippen molar-refractivity contribution in [3.63, 3.8) is 0 Å². The number of hydrogen-bond acceptors (Lipinski definition) is 2. The molecule has 0 saturated heterocycles. The molecule has 19 heavy (non-hydrogen) atoms. The fourth-order valence-electron chi connectivity index (χ4n) is 4.31. The van der Waals surface area contributed by atoms with Crippen molar-refractivity contribution >= 4 is 0 Å². The third-order valence-electron chi connectivity index (χ3n) is 5.10. The van der Waals surface area contributed by atoms with Gasteiger partial charge in [0.2, 0.25) is 0 Å². The molecule has 0 aromatic rings. The van der Waals surface area contributed by atoms with E-state index in [0.29, 0.717) is 6.10 Å². The van der Waals surface area contributed by atoms with Crippen LogP contribution in [0.5, 0.6) is 0 Å². The van der Waals surface area contributed by atoms with E-state index in [4.69, 9.17) is 4.74 Å². The molecule has 2 nitrogen and oxygen atoms in total. The van der Waals surface area contributed by atoms with E-state index in [2.05, 4.69) is 26.1 Å². The van der Waals surface area contributed by atoms with E-state index in [1.807, 2.05) is 0 Å². The molecule has 4 atom stereocenters. The molecule has 4 unspecified atom stereocenters. The summed E-state index contributed by atoms with van der Waals surface area (Å²) in [6, 6.07) is 0.762. The highest BCUT2D eigenvalue weighted by Gasteiger charge is 2.27. The molecule has 2 heteroatoms. The molecule has 0 amide bonds. The summed E-state index contributed by atoms with van der Waals surface area (Å²) in [7, 11) is 0. The van der Waals surface area contributed by atoms with Gasteiger partial charge in [0.15, 0.2) is 0 Å². The van der Waals surface area contributed by atoms with Crippen LogP contribution in [0.15, 0.2) is 0 Å². The monoisotopic (exact) mass is 267 g/mol. The molecular weight excluding hydrogens is 234 g/mol. The Morgan fingerprint density at radius 2 is 1.79 bits per heavy atom. The van der Waals surface area contributed by atoms with Crippen LogP contribution in [-0.2, 0) is 4.74 Å². The summed E-state index contributed by atoms with van der Waals surface area (Å²) in [5.41, 5.74) is 0. The minimum atomic E-state index is 0.540. The second-order valence-corrected chi connectivity index (χ2v) is 7.05. The molecule has 2 aliphatic rings. The Balaban J connectivity index is 1.65. The van der Waals surface area contributed by atoms with Crippen molar-refractivity contribution < 1.29 is 4.74 Å². The van der Waals surface area contributed by atoms with Crippen LogP contribution in [0.4, 0.5) is 0 Å². The van der Waals surface area contributed by atoms with Crippen LogP contribution >= 0.6 is 0 Å². The minimum Gasteiger partial charge on any atom is -0.378 e. The van der Waals surface area contributed by atoms with Crippen LogP contribution in [0, 0.1) is 17.8 Å². The van der Waals surface area contributed by atoms with Crippen molar-refractivity contribution in [2.24, 2.45) is 17.8 Å². The predicted octanol–water partition coefficient (Wildman–Crippen LogP) is 4.00. The third kappa shape index (κ3) is 4.75. The van der Waals surface area contributed by atoms with Gasteiger partial charge in [-0.1, -0.05) is 27.2 Å². The lowest BCUT2D eigenvalue weighted by Crippen LogP contribution is -2.33. The molecule has 0 aliphatic heterocycles. The Hall–Kier alpha value is -0.0800. The fourth-order valence-corrected chi connectivity index (χ4v) is 4.31. The first kappa shape index (κ1) is 15.3. The van der Waals surface area contributed by atoms with Crippen molar-refractivity contribution in [1.29, 1.82) is 0 Å². The average molecular weight is 267 g/mol.